The maximum Gasteiger partial charge on any atom is 0.305 e. The summed E-state index contributed by atoms with van der Waals surface area (Å²) in [5.74, 6) is -2.08. The number of ether oxygens (including phenoxy) is 3. The zero-order valence-corrected chi connectivity index (χ0v) is 9.56. The first kappa shape index (κ1) is 12.9. The molecule has 1 unspecified atom stereocenters. The Morgan fingerprint density at radius 1 is 1.44 bits per heavy atom. The van der Waals surface area contributed by atoms with E-state index in [1.807, 2.05) is 0 Å². The van der Waals surface area contributed by atoms with Crippen molar-refractivity contribution >= 4 is 11.9 Å². The molecule has 6 nitrogen and oxygen atoms in total. The molecule has 0 bridgehead atoms. The predicted molar refractivity (Wildman–Crippen MR) is 52.3 cm³/mol. The smallest absolute Gasteiger partial charge is 0.305 e. The van der Waals surface area contributed by atoms with Gasteiger partial charge in [-0.15, -0.1) is 0 Å². The number of esters is 2. The molecular weight excluding hydrogens is 216 g/mol. The molecule has 92 valence electrons. The van der Waals surface area contributed by atoms with Crippen LogP contribution in [0.4, 0.5) is 0 Å². The zero-order chi connectivity index (χ0) is 12.3. The van der Waals surface area contributed by atoms with Crippen LogP contribution in [-0.2, 0) is 23.8 Å². The van der Waals surface area contributed by atoms with Gasteiger partial charge in [-0.05, 0) is 0 Å². The first-order valence-corrected chi connectivity index (χ1v) is 5.02. The van der Waals surface area contributed by atoms with Crippen molar-refractivity contribution < 1.29 is 28.9 Å². The molecule has 1 aliphatic rings. The molecule has 0 spiro atoms. The van der Waals surface area contributed by atoms with Gasteiger partial charge in [-0.2, -0.15) is 0 Å². The lowest BCUT2D eigenvalue weighted by atomic mass is 10.1. The van der Waals surface area contributed by atoms with E-state index in [1.165, 1.54) is 13.8 Å². The van der Waals surface area contributed by atoms with Gasteiger partial charge >= 0.3 is 11.9 Å². The van der Waals surface area contributed by atoms with Gasteiger partial charge in [-0.1, -0.05) is 0 Å². The van der Waals surface area contributed by atoms with Crippen molar-refractivity contribution in [1.29, 1.82) is 0 Å². The molecule has 0 saturated carbocycles. The molecule has 0 aliphatic carbocycles. The van der Waals surface area contributed by atoms with Crippen LogP contribution in [0.15, 0.2) is 0 Å². The Morgan fingerprint density at radius 2 is 2.06 bits per heavy atom. The van der Waals surface area contributed by atoms with Gasteiger partial charge in [0.1, 0.15) is 12.2 Å². The number of carbonyl (C=O) groups excluding carboxylic acids is 2. The lowest BCUT2D eigenvalue weighted by molar-refractivity contribution is -0.218. The number of hydrogen-bond donors (Lipinski definition) is 1. The molecule has 1 saturated heterocycles. The van der Waals surface area contributed by atoms with Crippen LogP contribution < -0.4 is 0 Å². The third-order valence-electron chi connectivity index (χ3n) is 2.24. The number of carbonyl (C=O) groups is 2. The SMILES string of the molecule is CC(=O)O[C@H]1CC(C)(OC(C)=O)O[C@@H]1CO. The molecule has 1 rings (SSSR count). The summed E-state index contributed by atoms with van der Waals surface area (Å²) in [4.78, 5) is 21.7. The lowest BCUT2D eigenvalue weighted by Crippen LogP contribution is -2.31. The molecule has 16 heavy (non-hydrogen) atoms. The van der Waals surface area contributed by atoms with E-state index < -0.39 is 29.9 Å². The molecule has 1 heterocycles. The molecule has 0 radical (unpaired) electrons. The highest BCUT2D eigenvalue weighted by Gasteiger charge is 2.47. The molecule has 1 fully saturated rings. The summed E-state index contributed by atoms with van der Waals surface area (Å²) in [5.41, 5.74) is 0. The van der Waals surface area contributed by atoms with Gasteiger partial charge in [0.15, 0.2) is 0 Å². The van der Waals surface area contributed by atoms with Crippen LogP contribution in [0.25, 0.3) is 0 Å². The Labute approximate surface area is 93.5 Å². The van der Waals surface area contributed by atoms with Crippen LogP contribution in [0.3, 0.4) is 0 Å². The minimum atomic E-state index is -1.14. The topological polar surface area (TPSA) is 82.1 Å². The molecule has 1 aliphatic heterocycles. The number of aliphatic hydroxyl groups excluding tert-OH is 1. The maximum absolute atomic E-state index is 10.9. The minimum Gasteiger partial charge on any atom is -0.459 e. The van der Waals surface area contributed by atoms with Crippen molar-refractivity contribution in [3.8, 4) is 0 Å². The molecule has 6 heteroatoms. The summed E-state index contributed by atoms with van der Waals surface area (Å²) in [5, 5.41) is 9.06. The van der Waals surface area contributed by atoms with E-state index >= 15 is 0 Å². The van der Waals surface area contributed by atoms with Crippen molar-refractivity contribution in [1.82, 2.24) is 0 Å². The highest BCUT2D eigenvalue weighted by molar-refractivity contribution is 5.67. The predicted octanol–water partition coefficient (Wildman–Crippen LogP) is -0.0214. The molecule has 0 amide bonds. The van der Waals surface area contributed by atoms with Crippen molar-refractivity contribution in [2.24, 2.45) is 0 Å². The van der Waals surface area contributed by atoms with Crippen LogP contribution in [-0.4, -0.2) is 41.6 Å². The summed E-state index contributed by atoms with van der Waals surface area (Å²) in [6, 6.07) is 0. The largest absolute Gasteiger partial charge is 0.459 e. The van der Waals surface area contributed by atoms with Crippen molar-refractivity contribution in [3.05, 3.63) is 0 Å². The molecule has 0 aromatic rings. The zero-order valence-electron chi connectivity index (χ0n) is 9.56. The standard InChI is InChI=1S/C10H16O6/c1-6(12)14-8-4-10(3,15-7(2)13)16-9(8)5-11/h8-9,11H,4-5H2,1-3H3/t8-,9+,10?/m0/s1. The molecule has 0 aromatic heterocycles. The highest BCUT2D eigenvalue weighted by atomic mass is 16.7. The van der Waals surface area contributed by atoms with Crippen molar-refractivity contribution in [2.75, 3.05) is 6.61 Å². The fourth-order valence-corrected chi connectivity index (χ4v) is 1.80. The Balaban J connectivity index is 2.68. The van der Waals surface area contributed by atoms with Crippen molar-refractivity contribution in [2.45, 2.75) is 45.2 Å². The second kappa shape index (κ2) is 4.80. The second-order valence-corrected chi connectivity index (χ2v) is 3.92. The third-order valence-corrected chi connectivity index (χ3v) is 2.24. The van der Waals surface area contributed by atoms with Gasteiger partial charge in [0, 0.05) is 20.8 Å². The normalized spacial score (nSPS) is 33.5. The van der Waals surface area contributed by atoms with Gasteiger partial charge < -0.3 is 19.3 Å². The minimum absolute atomic E-state index is 0.220. The summed E-state index contributed by atoms with van der Waals surface area (Å²) in [6.45, 7) is 3.81. The number of aliphatic hydroxyl groups is 1. The molecule has 3 atom stereocenters. The Morgan fingerprint density at radius 3 is 2.50 bits per heavy atom. The average molecular weight is 232 g/mol. The Kier molecular flexibility index (Phi) is 3.88. The Bertz CT molecular complexity index is 289. The van der Waals surface area contributed by atoms with Gasteiger partial charge in [0.05, 0.1) is 13.0 Å². The highest BCUT2D eigenvalue weighted by Crippen LogP contribution is 2.33. The van der Waals surface area contributed by atoms with Crippen LogP contribution in [0.2, 0.25) is 0 Å². The fourth-order valence-electron chi connectivity index (χ4n) is 1.80. The van der Waals surface area contributed by atoms with E-state index in [9.17, 15) is 9.59 Å². The molecule has 0 aromatic carbocycles. The van der Waals surface area contributed by atoms with Crippen molar-refractivity contribution in [3.63, 3.8) is 0 Å². The lowest BCUT2D eigenvalue weighted by Gasteiger charge is -2.22. The first-order valence-electron chi connectivity index (χ1n) is 5.02. The van der Waals surface area contributed by atoms with Crippen LogP contribution in [0, 0.1) is 0 Å². The first-order chi connectivity index (χ1) is 7.36. The van der Waals surface area contributed by atoms with E-state index in [-0.39, 0.29) is 13.0 Å². The summed E-state index contributed by atoms with van der Waals surface area (Å²) in [7, 11) is 0. The van der Waals surface area contributed by atoms with Gasteiger partial charge in [-0.25, -0.2) is 0 Å². The summed E-state index contributed by atoms with van der Waals surface area (Å²) >= 11 is 0. The van der Waals surface area contributed by atoms with E-state index in [4.69, 9.17) is 19.3 Å². The number of hydrogen-bond acceptors (Lipinski definition) is 6. The van der Waals surface area contributed by atoms with E-state index in [1.54, 1.807) is 6.92 Å². The molecule has 1 N–H and O–H groups in total. The van der Waals surface area contributed by atoms with Crippen LogP contribution in [0.5, 0.6) is 0 Å². The van der Waals surface area contributed by atoms with Gasteiger partial charge in [0.25, 0.3) is 0 Å². The van der Waals surface area contributed by atoms with Gasteiger partial charge in [-0.3, -0.25) is 9.59 Å². The van der Waals surface area contributed by atoms with E-state index in [2.05, 4.69) is 0 Å². The third kappa shape index (κ3) is 3.18. The van der Waals surface area contributed by atoms with Crippen LogP contribution in [0.1, 0.15) is 27.2 Å². The Hall–Kier alpha value is -1.14. The summed E-state index contributed by atoms with van der Waals surface area (Å²) < 4.78 is 15.3. The maximum atomic E-state index is 10.9. The van der Waals surface area contributed by atoms with Gasteiger partial charge in [0.2, 0.25) is 5.79 Å². The quantitative estimate of drug-likeness (QED) is 0.688. The number of rotatable bonds is 3. The summed E-state index contributed by atoms with van der Waals surface area (Å²) in [6.07, 6.45) is -1.03. The average Bonchev–Trinajstić information content (AvgIpc) is 2.39. The van der Waals surface area contributed by atoms with E-state index in [0.717, 1.165) is 0 Å². The second-order valence-electron chi connectivity index (χ2n) is 3.92. The monoisotopic (exact) mass is 232 g/mol. The molecular formula is C10H16O6. The van der Waals surface area contributed by atoms with E-state index in [0.29, 0.717) is 0 Å². The van der Waals surface area contributed by atoms with Crippen LogP contribution >= 0.6 is 0 Å². The fraction of sp³-hybridized carbons (Fsp3) is 0.800.